The summed E-state index contributed by atoms with van der Waals surface area (Å²) in [6, 6.07) is 7.95. The third-order valence-corrected chi connectivity index (χ3v) is 4.98. The van der Waals surface area contributed by atoms with Crippen LogP contribution in [0.1, 0.15) is 18.4 Å². The van der Waals surface area contributed by atoms with Crippen molar-refractivity contribution in [1.29, 1.82) is 0 Å². The molecule has 21 heavy (non-hydrogen) atoms. The van der Waals surface area contributed by atoms with Gasteiger partial charge in [-0.3, -0.25) is 4.79 Å². The topological polar surface area (TPSA) is 50.4 Å². The molecule has 2 saturated heterocycles. The van der Waals surface area contributed by atoms with E-state index in [1.807, 2.05) is 18.2 Å². The van der Waals surface area contributed by atoms with Crippen LogP contribution in [-0.2, 0) is 14.9 Å². The molecule has 2 fully saturated rings. The smallest absolute Gasteiger partial charge is 0.225 e. The van der Waals surface area contributed by atoms with Gasteiger partial charge in [0, 0.05) is 43.3 Å². The van der Waals surface area contributed by atoms with E-state index < -0.39 is 0 Å². The van der Waals surface area contributed by atoms with E-state index in [9.17, 15) is 4.79 Å². The summed E-state index contributed by atoms with van der Waals surface area (Å²) >= 11 is 6.40. The quantitative estimate of drug-likeness (QED) is 0.890. The summed E-state index contributed by atoms with van der Waals surface area (Å²) in [6.07, 6.45) is 1.78. The monoisotopic (exact) mass is 308 g/mol. The van der Waals surface area contributed by atoms with Crippen molar-refractivity contribution in [3.63, 3.8) is 0 Å². The van der Waals surface area contributed by atoms with Crippen LogP contribution in [-0.4, -0.2) is 38.8 Å². The number of hydrogen-bond donors (Lipinski definition) is 2. The van der Waals surface area contributed by atoms with E-state index in [0.717, 1.165) is 36.5 Å². The minimum absolute atomic E-state index is 0.108. The Hall–Kier alpha value is -1.10. The normalized spacial score (nSPS) is 21.6. The van der Waals surface area contributed by atoms with Gasteiger partial charge in [0.1, 0.15) is 0 Å². The predicted molar refractivity (Wildman–Crippen MR) is 82.6 cm³/mol. The first-order valence-electron chi connectivity index (χ1n) is 7.52. The SMILES string of the molecule is O=C(NCC1(c2ccccc2Cl)CCOCC1)C1CNC1. The molecular weight excluding hydrogens is 288 g/mol. The Bertz CT molecular complexity index is 511. The fourth-order valence-electron chi connectivity index (χ4n) is 3.07. The molecule has 1 amide bonds. The first-order chi connectivity index (χ1) is 10.2. The first-order valence-corrected chi connectivity index (χ1v) is 7.90. The fourth-order valence-corrected chi connectivity index (χ4v) is 3.41. The van der Waals surface area contributed by atoms with Gasteiger partial charge in [0.15, 0.2) is 0 Å². The average molecular weight is 309 g/mol. The highest BCUT2D eigenvalue weighted by Gasteiger charge is 2.37. The van der Waals surface area contributed by atoms with E-state index in [2.05, 4.69) is 16.7 Å². The lowest BCUT2D eigenvalue weighted by Gasteiger charge is -2.39. The number of ether oxygens (including phenoxy) is 1. The Kier molecular flexibility index (Phi) is 4.48. The number of rotatable bonds is 4. The molecule has 114 valence electrons. The molecule has 1 aromatic rings. The molecule has 2 aliphatic heterocycles. The van der Waals surface area contributed by atoms with Crippen LogP contribution in [0.25, 0.3) is 0 Å². The maximum Gasteiger partial charge on any atom is 0.225 e. The summed E-state index contributed by atoms with van der Waals surface area (Å²) in [5.74, 6) is 0.264. The van der Waals surface area contributed by atoms with Gasteiger partial charge in [-0.2, -0.15) is 0 Å². The highest BCUT2D eigenvalue weighted by Crippen LogP contribution is 2.38. The molecule has 0 aromatic heterocycles. The van der Waals surface area contributed by atoms with Crippen molar-refractivity contribution >= 4 is 17.5 Å². The van der Waals surface area contributed by atoms with Crippen molar-refractivity contribution in [2.75, 3.05) is 32.8 Å². The van der Waals surface area contributed by atoms with E-state index in [1.54, 1.807) is 0 Å². The number of hydrogen-bond acceptors (Lipinski definition) is 3. The summed E-state index contributed by atoms with van der Waals surface area (Å²) in [5, 5.41) is 7.03. The van der Waals surface area contributed by atoms with Crippen LogP contribution in [0.5, 0.6) is 0 Å². The zero-order valence-electron chi connectivity index (χ0n) is 12.0. The Morgan fingerprint density at radius 3 is 2.67 bits per heavy atom. The van der Waals surface area contributed by atoms with Crippen LogP contribution < -0.4 is 10.6 Å². The molecule has 4 nitrogen and oxygen atoms in total. The highest BCUT2D eigenvalue weighted by atomic mass is 35.5. The molecule has 0 radical (unpaired) electrons. The molecule has 0 bridgehead atoms. The summed E-state index contributed by atoms with van der Waals surface area (Å²) in [4.78, 5) is 12.1. The summed E-state index contributed by atoms with van der Waals surface area (Å²) in [5.41, 5.74) is 1.02. The highest BCUT2D eigenvalue weighted by molar-refractivity contribution is 6.31. The molecule has 0 spiro atoms. The van der Waals surface area contributed by atoms with E-state index in [0.29, 0.717) is 19.8 Å². The lowest BCUT2D eigenvalue weighted by Crippen LogP contribution is -2.53. The van der Waals surface area contributed by atoms with Crippen LogP contribution in [0.3, 0.4) is 0 Å². The molecule has 0 saturated carbocycles. The maximum atomic E-state index is 12.1. The third-order valence-electron chi connectivity index (χ3n) is 4.65. The van der Waals surface area contributed by atoms with Crippen LogP contribution in [0.4, 0.5) is 0 Å². The minimum atomic E-state index is -0.108. The van der Waals surface area contributed by atoms with Gasteiger partial charge in [-0.05, 0) is 24.5 Å². The van der Waals surface area contributed by atoms with Gasteiger partial charge >= 0.3 is 0 Å². The second kappa shape index (κ2) is 6.34. The molecule has 2 heterocycles. The molecule has 5 heteroatoms. The zero-order valence-corrected chi connectivity index (χ0v) is 12.8. The Morgan fingerprint density at radius 1 is 1.33 bits per heavy atom. The van der Waals surface area contributed by atoms with Crippen molar-refractivity contribution in [2.24, 2.45) is 5.92 Å². The van der Waals surface area contributed by atoms with E-state index in [-0.39, 0.29) is 17.2 Å². The van der Waals surface area contributed by atoms with Crippen molar-refractivity contribution < 1.29 is 9.53 Å². The van der Waals surface area contributed by atoms with Crippen LogP contribution >= 0.6 is 11.6 Å². The maximum absolute atomic E-state index is 12.1. The lowest BCUT2D eigenvalue weighted by molar-refractivity contribution is -0.126. The fraction of sp³-hybridized carbons (Fsp3) is 0.562. The number of nitrogens with one attached hydrogen (secondary N) is 2. The summed E-state index contributed by atoms with van der Waals surface area (Å²) in [6.45, 7) is 3.63. The minimum Gasteiger partial charge on any atom is -0.381 e. The Balaban J connectivity index is 1.76. The molecule has 0 unspecified atom stereocenters. The van der Waals surface area contributed by atoms with Crippen LogP contribution in [0.2, 0.25) is 5.02 Å². The lowest BCUT2D eigenvalue weighted by atomic mass is 9.74. The number of amides is 1. The van der Waals surface area contributed by atoms with E-state index in [1.165, 1.54) is 0 Å². The van der Waals surface area contributed by atoms with Crippen molar-refractivity contribution in [2.45, 2.75) is 18.3 Å². The Morgan fingerprint density at radius 2 is 2.05 bits per heavy atom. The van der Waals surface area contributed by atoms with Crippen LogP contribution in [0, 0.1) is 5.92 Å². The van der Waals surface area contributed by atoms with Gasteiger partial charge in [-0.15, -0.1) is 0 Å². The number of carbonyl (C=O) groups is 1. The molecule has 0 aliphatic carbocycles. The molecule has 0 atom stereocenters. The summed E-state index contributed by atoms with van der Waals surface area (Å²) in [7, 11) is 0. The third kappa shape index (κ3) is 3.07. The number of halogens is 1. The molecule has 2 aliphatic rings. The largest absolute Gasteiger partial charge is 0.381 e. The molecule has 3 rings (SSSR count). The standard InChI is InChI=1S/C16H21ClN2O2/c17-14-4-2-1-3-13(14)16(5-7-21-8-6-16)11-19-15(20)12-9-18-10-12/h1-4,12,18H,5-11H2,(H,19,20). The average Bonchev–Trinajstić information content (AvgIpc) is 2.45. The van der Waals surface area contributed by atoms with Gasteiger partial charge in [0.25, 0.3) is 0 Å². The van der Waals surface area contributed by atoms with Crippen LogP contribution in [0.15, 0.2) is 24.3 Å². The van der Waals surface area contributed by atoms with Crippen molar-refractivity contribution in [3.8, 4) is 0 Å². The molecule has 2 N–H and O–H groups in total. The predicted octanol–water partition coefficient (Wildman–Crippen LogP) is 1.72. The van der Waals surface area contributed by atoms with Gasteiger partial charge in [-0.25, -0.2) is 0 Å². The zero-order chi connectivity index (χ0) is 14.7. The Labute approximate surface area is 130 Å². The van der Waals surface area contributed by atoms with Gasteiger partial charge < -0.3 is 15.4 Å². The van der Waals surface area contributed by atoms with E-state index >= 15 is 0 Å². The van der Waals surface area contributed by atoms with Gasteiger partial charge in [-0.1, -0.05) is 29.8 Å². The second-order valence-corrected chi connectivity index (χ2v) is 6.35. The molecule has 1 aromatic carbocycles. The van der Waals surface area contributed by atoms with Gasteiger partial charge in [0.05, 0.1) is 5.92 Å². The van der Waals surface area contributed by atoms with Gasteiger partial charge in [0.2, 0.25) is 5.91 Å². The number of benzene rings is 1. The number of carbonyl (C=O) groups excluding carboxylic acids is 1. The first kappa shape index (κ1) is 14.8. The second-order valence-electron chi connectivity index (χ2n) is 5.95. The molecular formula is C16H21ClN2O2. The van der Waals surface area contributed by atoms with Crippen molar-refractivity contribution in [1.82, 2.24) is 10.6 Å². The van der Waals surface area contributed by atoms with Crippen molar-refractivity contribution in [3.05, 3.63) is 34.9 Å². The summed E-state index contributed by atoms with van der Waals surface area (Å²) < 4.78 is 5.51. The van der Waals surface area contributed by atoms with E-state index in [4.69, 9.17) is 16.3 Å².